The third-order valence-electron chi connectivity index (χ3n) is 3.98. The van der Waals surface area contributed by atoms with Crippen molar-refractivity contribution in [3.63, 3.8) is 0 Å². The van der Waals surface area contributed by atoms with Crippen LogP contribution >= 0.6 is 0 Å². The summed E-state index contributed by atoms with van der Waals surface area (Å²) in [6.45, 7) is -0.0350. The zero-order valence-corrected chi connectivity index (χ0v) is 12.3. The van der Waals surface area contributed by atoms with E-state index in [9.17, 15) is 14.0 Å². The zero-order chi connectivity index (χ0) is 16.4. The molecule has 1 saturated heterocycles. The molecule has 0 radical (unpaired) electrons. The van der Waals surface area contributed by atoms with Crippen LogP contribution in [0.4, 0.5) is 10.2 Å². The van der Waals surface area contributed by atoms with E-state index in [-0.39, 0.29) is 18.3 Å². The number of carboxylic acid groups (broad SMARTS) is 1. The SMILES string of the molecule is O=C(O)Cn1ccnc(N2C[C@@H](F)[C@@H](c3ccccc3)C2)c1=O. The normalized spacial score (nSPS) is 20.7. The molecule has 2 aromatic rings. The van der Waals surface area contributed by atoms with E-state index < -0.39 is 24.2 Å². The number of hydrogen-bond donors (Lipinski definition) is 1. The van der Waals surface area contributed by atoms with Crippen molar-refractivity contribution in [3.05, 3.63) is 58.6 Å². The van der Waals surface area contributed by atoms with Crippen LogP contribution in [0.15, 0.2) is 47.5 Å². The van der Waals surface area contributed by atoms with E-state index in [4.69, 9.17) is 5.11 Å². The first-order valence-electron chi connectivity index (χ1n) is 7.27. The van der Waals surface area contributed by atoms with E-state index in [1.165, 1.54) is 12.4 Å². The van der Waals surface area contributed by atoms with E-state index in [0.717, 1.165) is 10.1 Å². The maximum absolute atomic E-state index is 14.4. The summed E-state index contributed by atoms with van der Waals surface area (Å²) in [6.07, 6.45) is 1.58. The largest absolute Gasteiger partial charge is 0.480 e. The highest BCUT2D eigenvalue weighted by atomic mass is 19.1. The van der Waals surface area contributed by atoms with E-state index in [1.807, 2.05) is 30.3 Å². The van der Waals surface area contributed by atoms with E-state index in [1.54, 1.807) is 4.90 Å². The van der Waals surface area contributed by atoms with Crippen LogP contribution in [0.3, 0.4) is 0 Å². The van der Waals surface area contributed by atoms with Crippen LogP contribution in [0.25, 0.3) is 0 Å². The minimum atomic E-state index is -1.11. The summed E-state index contributed by atoms with van der Waals surface area (Å²) in [5, 5.41) is 8.83. The lowest BCUT2D eigenvalue weighted by molar-refractivity contribution is -0.137. The number of halogens is 1. The second-order valence-corrected chi connectivity index (χ2v) is 5.52. The quantitative estimate of drug-likeness (QED) is 0.919. The molecule has 2 atom stereocenters. The summed E-state index contributed by atoms with van der Waals surface area (Å²) >= 11 is 0. The lowest BCUT2D eigenvalue weighted by atomic mass is 9.97. The van der Waals surface area contributed by atoms with Gasteiger partial charge in [-0.05, 0) is 5.56 Å². The summed E-state index contributed by atoms with van der Waals surface area (Å²) in [5.74, 6) is -1.35. The van der Waals surface area contributed by atoms with Crippen molar-refractivity contribution in [3.8, 4) is 0 Å². The Kier molecular flexibility index (Phi) is 4.10. The molecule has 0 saturated carbocycles. The number of benzene rings is 1. The van der Waals surface area contributed by atoms with Crippen LogP contribution in [-0.4, -0.2) is 39.9 Å². The van der Waals surface area contributed by atoms with Crippen LogP contribution in [-0.2, 0) is 11.3 Å². The first-order chi connectivity index (χ1) is 11.1. The molecule has 1 aliphatic rings. The average Bonchev–Trinajstić information content (AvgIpc) is 2.91. The lowest BCUT2D eigenvalue weighted by Crippen LogP contribution is -2.33. The highest BCUT2D eigenvalue weighted by Crippen LogP contribution is 2.31. The predicted octanol–water partition coefficient (Wildman–Crippen LogP) is 1.27. The first-order valence-corrected chi connectivity index (χ1v) is 7.27. The van der Waals surface area contributed by atoms with Crippen LogP contribution < -0.4 is 10.5 Å². The summed E-state index contributed by atoms with van der Waals surface area (Å²) in [7, 11) is 0. The number of aliphatic carboxylic acids is 1. The molecule has 1 aromatic heterocycles. The lowest BCUT2D eigenvalue weighted by Gasteiger charge is -2.17. The number of carboxylic acids is 1. The molecule has 0 aliphatic carbocycles. The van der Waals surface area contributed by atoms with Crippen molar-refractivity contribution in [1.82, 2.24) is 9.55 Å². The van der Waals surface area contributed by atoms with Gasteiger partial charge in [0.1, 0.15) is 12.7 Å². The molecule has 7 heteroatoms. The average molecular weight is 317 g/mol. The van der Waals surface area contributed by atoms with Crippen LogP contribution in [0.5, 0.6) is 0 Å². The van der Waals surface area contributed by atoms with Crippen LogP contribution in [0.2, 0.25) is 0 Å². The molecular weight excluding hydrogens is 301 g/mol. The summed E-state index contributed by atoms with van der Waals surface area (Å²) < 4.78 is 15.4. The fourth-order valence-electron chi connectivity index (χ4n) is 2.87. The molecule has 1 fully saturated rings. The van der Waals surface area contributed by atoms with Gasteiger partial charge in [0, 0.05) is 24.9 Å². The van der Waals surface area contributed by atoms with Crippen molar-refractivity contribution in [2.45, 2.75) is 18.6 Å². The van der Waals surface area contributed by atoms with Gasteiger partial charge in [-0.25, -0.2) is 9.37 Å². The van der Waals surface area contributed by atoms with Gasteiger partial charge < -0.3 is 10.0 Å². The van der Waals surface area contributed by atoms with Crippen molar-refractivity contribution in [2.75, 3.05) is 18.0 Å². The molecule has 3 rings (SSSR count). The molecule has 1 aromatic carbocycles. The Morgan fingerprint density at radius 1 is 1.30 bits per heavy atom. The Labute approximate surface area is 131 Å². The third-order valence-corrected chi connectivity index (χ3v) is 3.98. The highest BCUT2D eigenvalue weighted by molar-refractivity contribution is 5.66. The molecular formula is C16H16FN3O3. The monoisotopic (exact) mass is 317 g/mol. The minimum Gasteiger partial charge on any atom is -0.480 e. The highest BCUT2D eigenvalue weighted by Gasteiger charge is 2.35. The second-order valence-electron chi connectivity index (χ2n) is 5.52. The number of rotatable bonds is 4. The Hall–Kier alpha value is -2.70. The molecule has 2 heterocycles. The zero-order valence-electron chi connectivity index (χ0n) is 12.3. The number of alkyl halides is 1. The number of carbonyl (C=O) groups is 1. The number of hydrogen-bond acceptors (Lipinski definition) is 4. The number of anilines is 1. The standard InChI is InChI=1S/C16H16FN3O3/c17-13-9-20(8-12(13)11-4-2-1-3-5-11)15-16(23)19(7-6-18-15)10-14(21)22/h1-7,12-13H,8-10H2,(H,21,22)/t12-,13-/m1/s1. The molecule has 1 N–H and O–H groups in total. The Morgan fingerprint density at radius 3 is 2.74 bits per heavy atom. The molecule has 0 amide bonds. The second kappa shape index (κ2) is 6.20. The van der Waals surface area contributed by atoms with Gasteiger partial charge in [0.15, 0.2) is 5.82 Å². The Bertz CT molecular complexity index is 763. The van der Waals surface area contributed by atoms with Gasteiger partial charge in [-0.1, -0.05) is 30.3 Å². The Morgan fingerprint density at radius 2 is 2.04 bits per heavy atom. The van der Waals surface area contributed by atoms with E-state index in [0.29, 0.717) is 6.54 Å². The molecule has 1 aliphatic heterocycles. The van der Waals surface area contributed by atoms with Gasteiger partial charge in [-0.15, -0.1) is 0 Å². The van der Waals surface area contributed by atoms with Crippen molar-refractivity contribution in [1.29, 1.82) is 0 Å². The molecule has 0 bridgehead atoms. The van der Waals surface area contributed by atoms with Gasteiger partial charge in [0.05, 0.1) is 6.54 Å². The molecule has 23 heavy (non-hydrogen) atoms. The molecule has 6 nitrogen and oxygen atoms in total. The van der Waals surface area contributed by atoms with Crippen molar-refractivity contribution < 1.29 is 14.3 Å². The number of aromatic nitrogens is 2. The summed E-state index contributed by atoms with van der Waals surface area (Å²) in [5.41, 5.74) is 0.361. The third kappa shape index (κ3) is 3.08. The Balaban J connectivity index is 1.87. The van der Waals surface area contributed by atoms with Crippen molar-refractivity contribution >= 4 is 11.8 Å². The molecule has 0 unspecified atom stereocenters. The van der Waals surface area contributed by atoms with E-state index >= 15 is 0 Å². The van der Waals surface area contributed by atoms with Gasteiger partial charge in [0.2, 0.25) is 0 Å². The maximum atomic E-state index is 14.4. The summed E-state index contributed by atoms with van der Waals surface area (Å²) in [6, 6.07) is 9.30. The van der Waals surface area contributed by atoms with Gasteiger partial charge in [-0.2, -0.15) is 0 Å². The van der Waals surface area contributed by atoms with Gasteiger partial charge in [-0.3, -0.25) is 14.2 Å². The topological polar surface area (TPSA) is 75.4 Å². The summed E-state index contributed by atoms with van der Waals surface area (Å²) in [4.78, 5) is 28.7. The number of nitrogens with zero attached hydrogens (tertiary/aromatic N) is 3. The fraction of sp³-hybridized carbons (Fsp3) is 0.312. The molecule has 120 valence electrons. The first kappa shape index (κ1) is 15.2. The molecule has 0 spiro atoms. The predicted molar refractivity (Wildman–Crippen MR) is 82.4 cm³/mol. The van der Waals surface area contributed by atoms with Gasteiger partial charge in [0.25, 0.3) is 5.56 Å². The minimum absolute atomic E-state index is 0.0683. The van der Waals surface area contributed by atoms with E-state index in [2.05, 4.69) is 4.98 Å². The van der Waals surface area contributed by atoms with Crippen LogP contribution in [0, 0.1) is 0 Å². The van der Waals surface area contributed by atoms with Gasteiger partial charge >= 0.3 is 5.97 Å². The maximum Gasteiger partial charge on any atom is 0.323 e. The van der Waals surface area contributed by atoms with Crippen LogP contribution in [0.1, 0.15) is 11.5 Å². The van der Waals surface area contributed by atoms with Crippen molar-refractivity contribution in [2.24, 2.45) is 0 Å². The smallest absolute Gasteiger partial charge is 0.323 e. The fourth-order valence-corrected chi connectivity index (χ4v) is 2.87.